The Hall–Kier alpha value is -1.26. The predicted octanol–water partition coefficient (Wildman–Crippen LogP) is 3.72. The monoisotopic (exact) mass is 358 g/mol. The van der Waals surface area contributed by atoms with E-state index in [-0.39, 0.29) is 11.5 Å². The second-order valence-electron chi connectivity index (χ2n) is 6.29. The lowest BCUT2D eigenvalue weighted by Gasteiger charge is -2.29. The van der Waals surface area contributed by atoms with Crippen molar-refractivity contribution < 1.29 is 10.2 Å². The third kappa shape index (κ3) is 3.70. The molecule has 0 aliphatic carbocycles. The van der Waals surface area contributed by atoms with E-state index in [0.717, 1.165) is 35.5 Å². The maximum atomic E-state index is 12.8. The Morgan fingerprint density at radius 3 is 1.79 bits per heavy atom. The molecule has 2 nitrogen and oxygen atoms in total. The first-order chi connectivity index (χ1) is 11.6. The summed E-state index contributed by atoms with van der Waals surface area (Å²) in [6.45, 7) is 3.60. The highest BCUT2D eigenvalue weighted by atomic mass is 32.2. The van der Waals surface area contributed by atoms with Gasteiger partial charge in [-0.2, -0.15) is 23.5 Å². The van der Waals surface area contributed by atoms with Gasteiger partial charge < -0.3 is 10.2 Å². The van der Waals surface area contributed by atoms with Crippen molar-refractivity contribution in [1.29, 1.82) is 0 Å². The summed E-state index contributed by atoms with van der Waals surface area (Å²) >= 11 is 3.50. The van der Waals surface area contributed by atoms with E-state index in [1.165, 1.54) is 11.1 Å². The standard InChI is InChI=1S/C20H24O2S2/c1-13-17-11-23-8-6-15-4-3-5-16(10-15)7-9-24-12-18(20(17)22)14(2)19(13)21/h3-5,10,21-22H,6-9,11-12H2,1-2H3/p-2. The van der Waals surface area contributed by atoms with Gasteiger partial charge in [-0.3, -0.25) is 0 Å². The van der Waals surface area contributed by atoms with Gasteiger partial charge in [0.05, 0.1) is 0 Å². The van der Waals surface area contributed by atoms with Crippen LogP contribution in [-0.4, -0.2) is 11.5 Å². The van der Waals surface area contributed by atoms with Crippen molar-refractivity contribution in [3.63, 3.8) is 0 Å². The van der Waals surface area contributed by atoms with Gasteiger partial charge in [-0.25, -0.2) is 0 Å². The lowest BCUT2D eigenvalue weighted by atomic mass is 9.98. The van der Waals surface area contributed by atoms with Gasteiger partial charge in [-0.15, -0.1) is 11.5 Å². The molecule has 3 rings (SSSR count). The molecule has 0 unspecified atom stereocenters. The molecular formula is C20H22O2S2-2. The normalized spacial score (nSPS) is 15.8. The van der Waals surface area contributed by atoms with Crippen LogP contribution in [0.3, 0.4) is 0 Å². The lowest BCUT2D eigenvalue weighted by molar-refractivity contribution is -0.277. The second kappa shape index (κ2) is 7.75. The largest absolute Gasteiger partial charge is 0.872 e. The number of fused-ring (bicyclic) bond motifs is 4. The van der Waals surface area contributed by atoms with Crippen LogP contribution in [0.15, 0.2) is 24.3 Å². The van der Waals surface area contributed by atoms with Crippen molar-refractivity contribution in [1.82, 2.24) is 0 Å². The maximum absolute atomic E-state index is 12.8. The molecule has 2 aromatic carbocycles. The molecule has 0 saturated heterocycles. The summed E-state index contributed by atoms with van der Waals surface area (Å²) in [6, 6.07) is 8.79. The molecule has 24 heavy (non-hydrogen) atoms. The maximum Gasteiger partial charge on any atom is 0.0181 e. The molecule has 0 spiro atoms. The summed E-state index contributed by atoms with van der Waals surface area (Å²) in [5.41, 5.74) is 5.44. The van der Waals surface area contributed by atoms with Gasteiger partial charge in [0, 0.05) is 11.5 Å². The smallest absolute Gasteiger partial charge is 0.0181 e. The number of aryl methyl sites for hydroxylation is 2. The van der Waals surface area contributed by atoms with Crippen LogP contribution < -0.4 is 10.2 Å². The van der Waals surface area contributed by atoms with E-state index in [1.807, 2.05) is 0 Å². The van der Waals surface area contributed by atoms with E-state index in [2.05, 4.69) is 24.3 Å². The molecule has 0 aromatic heterocycles. The Balaban J connectivity index is 1.91. The third-order valence-corrected chi connectivity index (χ3v) is 6.66. The highest BCUT2D eigenvalue weighted by Gasteiger charge is 2.11. The van der Waals surface area contributed by atoms with E-state index in [1.54, 1.807) is 37.4 Å². The zero-order chi connectivity index (χ0) is 17.1. The molecule has 128 valence electrons. The third-order valence-electron chi connectivity index (χ3n) is 4.69. The van der Waals surface area contributed by atoms with Gasteiger partial charge in [0.1, 0.15) is 0 Å². The quantitative estimate of drug-likeness (QED) is 0.720. The number of thioether (sulfide) groups is 2. The van der Waals surface area contributed by atoms with Crippen LogP contribution in [-0.2, 0) is 24.3 Å². The Morgan fingerprint density at radius 1 is 0.792 bits per heavy atom. The number of rotatable bonds is 0. The zero-order valence-corrected chi connectivity index (χ0v) is 15.8. The SMILES string of the molecule is Cc1c([O-])c(C)c2c([O-])c1CSCCc1cccc(c1)CCSC2. The number of benzene rings is 2. The second-order valence-corrected chi connectivity index (χ2v) is 8.50. The van der Waals surface area contributed by atoms with E-state index in [0.29, 0.717) is 22.6 Å². The van der Waals surface area contributed by atoms with E-state index >= 15 is 0 Å². The average Bonchev–Trinajstić information content (AvgIpc) is 2.58. The Morgan fingerprint density at radius 2 is 1.29 bits per heavy atom. The minimum absolute atomic E-state index is 0.0538. The topological polar surface area (TPSA) is 46.1 Å². The summed E-state index contributed by atoms with van der Waals surface area (Å²) in [7, 11) is 0. The molecule has 0 atom stereocenters. The summed E-state index contributed by atoms with van der Waals surface area (Å²) in [5, 5.41) is 25.3. The molecule has 0 radical (unpaired) electrons. The van der Waals surface area contributed by atoms with Gasteiger partial charge in [-0.1, -0.05) is 35.4 Å². The Kier molecular flexibility index (Phi) is 5.67. The average molecular weight is 359 g/mol. The van der Waals surface area contributed by atoms with Crippen LogP contribution in [0.2, 0.25) is 0 Å². The van der Waals surface area contributed by atoms with Crippen molar-refractivity contribution in [2.24, 2.45) is 0 Å². The minimum Gasteiger partial charge on any atom is -0.872 e. The van der Waals surface area contributed by atoms with Crippen molar-refractivity contribution >= 4 is 23.5 Å². The fraction of sp³-hybridized carbons (Fsp3) is 0.400. The van der Waals surface area contributed by atoms with Gasteiger partial charge in [0.2, 0.25) is 0 Å². The van der Waals surface area contributed by atoms with Crippen LogP contribution in [0.5, 0.6) is 11.5 Å². The first kappa shape index (κ1) is 17.6. The van der Waals surface area contributed by atoms with Crippen molar-refractivity contribution in [3.8, 4) is 11.5 Å². The summed E-state index contributed by atoms with van der Waals surface area (Å²) in [4.78, 5) is 0. The van der Waals surface area contributed by atoms with Crippen LogP contribution in [0, 0.1) is 13.8 Å². The van der Waals surface area contributed by atoms with Crippen molar-refractivity contribution in [2.45, 2.75) is 38.2 Å². The summed E-state index contributed by atoms with van der Waals surface area (Å²) in [6.07, 6.45) is 2.00. The van der Waals surface area contributed by atoms with Crippen molar-refractivity contribution in [2.75, 3.05) is 11.5 Å². The van der Waals surface area contributed by atoms with Gasteiger partial charge in [-0.05, 0) is 60.4 Å². The van der Waals surface area contributed by atoms with Gasteiger partial charge in [0.25, 0.3) is 0 Å². The number of hydrogen-bond donors (Lipinski definition) is 0. The van der Waals surface area contributed by atoms with Crippen molar-refractivity contribution in [3.05, 3.63) is 57.6 Å². The predicted molar refractivity (Wildman–Crippen MR) is 101 cm³/mol. The zero-order valence-electron chi connectivity index (χ0n) is 14.2. The fourth-order valence-electron chi connectivity index (χ4n) is 3.09. The van der Waals surface area contributed by atoms with E-state index < -0.39 is 0 Å². The van der Waals surface area contributed by atoms with Crippen LogP contribution in [0.1, 0.15) is 33.4 Å². The van der Waals surface area contributed by atoms with Crippen LogP contribution in [0.4, 0.5) is 0 Å². The molecule has 4 heteroatoms. The Labute approximate surface area is 152 Å². The van der Waals surface area contributed by atoms with Crippen LogP contribution >= 0.6 is 23.5 Å². The molecule has 1 aliphatic rings. The molecule has 4 bridgehead atoms. The van der Waals surface area contributed by atoms with Gasteiger partial charge in [0.15, 0.2) is 0 Å². The van der Waals surface area contributed by atoms with Gasteiger partial charge >= 0.3 is 0 Å². The molecule has 0 N–H and O–H groups in total. The number of hydrogen-bond acceptors (Lipinski definition) is 4. The molecule has 1 aliphatic heterocycles. The summed E-state index contributed by atoms with van der Waals surface area (Å²) in [5.74, 6) is 3.36. The van der Waals surface area contributed by atoms with E-state index in [9.17, 15) is 10.2 Å². The highest BCUT2D eigenvalue weighted by Crippen LogP contribution is 2.37. The first-order valence-corrected chi connectivity index (χ1v) is 10.6. The fourth-order valence-corrected chi connectivity index (χ4v) is 5.25. The Bertz CT molecular complexity index is 686. The molecule has 1 heterocycles. The minimum atomic E-state index is 0.0538. The van der Waals surface area contributed by atoms with Crippen LogP contribution in [0.25, 0.3) is 0 Å². The molecule has 0 fully saturated rings. The molecule has 0 saturated carbocycles. The molecule has 0 amide bonds. The highest BCUT2D eigenvalue weighted by molar-refractivity contribution is 7.98. The molecule has 2 aromatic rings. The van der Waals surface area contributed by atoms with E-state index in [4.69, 9.17) is 0 Å². The summed E-state index contributed by atoms with van der Waals surface area (Å²) < 4.78 is 0. The first-order valence-electron chi connectivity index (χ1n) is 8.30. The lowest BCUT2D eigenvalue weighted by Crippen LogP contribution is -2.10. The molecular weight excluding hydrogens is 336 g/mol.